The Kier molecular flexibility index (Phi) is 5.13. The maximum atomic E-state index is 6.07. The Morgan fingerprint density at radius 1 is 1.09 bits per heavy atom. The summed E-state index contributed by atoms with van der Waals surface area (Å²) in [5, 5.41) is 4.62. The van der Waals surface area contributed by atoms with Gasteiger partial charge in [-0.2, -0.15) is 0 Å². The van der Waals surface area contributed by atoms with Crippen molar-refractivity contribution in [3.05, 3.63) is 52.3 Å². The fourth-order valence-corrected chi connectivity index (χ4v) is 3.01. The van der Waals surface area contributed by atoms with Crippen LogP contribution >= 0.6 is 23.2 Å². The van der Waals surface area contributed by atoms with Gasteiger partial charge in [-0.1, -0.05) is 29.3 Å². The van der Waals surface area contributed by atoms with Crippen LogP contribution in [0.3, 0.4) is 0 Å². The number of nitrogens with zero attached hydrogens (tertiary/aromatic N) is 3. The van der Waals surface area contributed by atoms with Crippen molar-refractivity contribution >= 4 is 29.2 Å². The highest BCUT2D eigenvalue weighted by atomic mass is 35.5. The summed E-state index contributed by atoms with van der Waals surface area (Å²) in [5.41, 5.74) is 1.20. The Morgan fingerprint density at radius 2 is 1.82 bits per heavy atom. The molecule has 6 heteroatoms. The minimum absolute atomic E-state index is 0.437. The number of benzene rings is 1. The van der Waals surface area contributed by atoms with E-state index in [2.05, 4.69) is 20.2 Å². The molecule has 0 spiro atoms. The van der Waals surface area contributed by atoms with Gasteiger partial charge < -0.3 is 5.32 Å². The lowest BCUT2D eigenvalue weighted by Crippen LogP contribution is -2.38. The molecule has 0 saturated carbocycles. The van der Waals surface area contributed by atoms with Gasteiger partial charge in [0.25, 0.3) is 0 Å². The molecule has 0 radical (unpaired) electrons. The molecule has 1 aliphatic rings. The third kappa shape index (κ3) is 4.09. The van der Waals surface area contributed by atoms with E-state index in [0.717, 1.165) is 32.5 Å². The van der Waals surface area contributed by atoms with Gasteiger partial charge in [0.05, 0.1) is 10.0 Å². The smallest absolute Gasteiger partial charge is 0.222 e. The monoisotopic (exact) mass is 336 g/mol. The SMILES string of the molecule is Clc1ccc(CN2CCC(Nc3ncccn3)CC2)cc1Cl. The highest BCUT2D eigenvalue weighted by Crippen LogP contribution is 2.24. The Morgan fingerprint density at radius 3 is 2.50 bits per heavy atom. The molecule has 2 aromatic rings. The molecule has 3 rings (SSSR count). The van der Waals surface area contributed by atoms with Crippen molar-refractivity contribution in [3.63, 3.8) is 0 Å². The third-order valence-corrected chi connectivity index (χ3v) is 4.62. The number of nitrogens with one attached hydrogen (secondary N) is 1. The van der Waals surface area contributed by atoms with Crippen LogP contribution < -0.4 is 5.32 Å². The maximum absolute atomic E-state index is 6.07. The Balaban J connectivity index is 1.50. The lowest BCUT2D eigenvalue weighted by molar-refractivity contribution is 0.211. The Bertz CT molecular complexity index is 613. The number of hydrogen-bond acceptors (Lipinski definition) is 4. The van der Waals surface area contributed by atoms with Crippen LogP contribution in [0.1, 0.15) is 18.4 Å². The van der Waals surface area contributed by atoms with Gasteiger partial charge in [-0.3, -0.25) is 4.90 Å². The predicted octanol–water partition coefficient (Wildman–Crippen LogP) is 3.86. The Labute approximate surface area is 140 Å². The quantitative estimate of drug-likeness (QED) is 0.920. The van der Waals surface area contributed by atoms with E-state index in [4.69, 9.17) is 23.2 Å². The molecule has 0 aliphatic carbocycles. The summed E-state index contributed by atoms with van der Waals surface area (Å²) >= 11 is 12.0. The molecule has 1 aliphatic heterocycles. The first-order valence-corrected chi connectivity index (χ1v) is 8.16. The van der Waals surface area contributed by atoms with Crippen molar-refractivity contribution in [2.75, 3.05) is 18.4 Å². The molecule has 22 heavy (non-hydrogen) atoms. The molecule has 1 fully saturated rings. The summed E-state index contributed by atoms with van der Waals surface area (Å²) in [6.07, 6.45) is 5.68. The number of aromatic nitrogens is 2. The molecular formula is C16H18Cl2N4. The van der Waals surface area contributed by atoms with Gasteiger partial charge in [0, 0.05) is 38.1 Å². The molecule has 0 amide bonds. The summed E-state index contributed by atoms with van der Waals surface area (Å²) in [6.45, 7) is 3.00. The van der Waals surface area contributed by atoms with Gasteiger partial charge in [0.2, 0.25) is 5.95 Å². The summed E-state index contributed by atoms with van der Waals surface area (Å²) in [4.78, 5) is 10.9. The topological polar surface area (TPSA) is 41.0 Å². The fourth-order valence-electron chi connectivity index (χ4n) is 2.69. The van der Waals surface area contributed by atoms with Crippen LogP contribution in [0, 0.1) is 0 Å². The summed E-state index contributed by atoms with van der Waals surface area (Å²) in [6, 6.07) is 8.11. The van der Waals surface area contributed by atoms with Crippen molar-refractivity contribution in [3.8, 4) is 0 Å². The standard InChI is InChI=1S/C16H18Cl2N4/c17-14-3-2-12(10-15(14)18)11-22-8-4-13(5-9-22)21-16-19-6-1-7-20-16/h1-3,6-7,10,13H,4-5,8-9,11H2,(H,19,20,21). The number of piperidine rings is 1. The van der Waals surface area contributed by atoms with E-state index in [1.807, 2.05) is 24.3 Å². The van der Waals surface area contributed by atoms with Gasteiger partial charge in [0.15, 0.2) is 0 Å². The van der Waals surface area contributed by atoms with E-state index in [1.54, 1.807) is 12.4 Å². The predicted molar refractivity (Wildman–Crippen MR) is 90.4 cm³/mol. The molecule has 1 saturated heterocycles. The van der Waals surface area contributed by atoms with Crippen LogP contribution in [0.5, 0.6) is 0 Å². The number of likely N-dealkylation sites (tertiary alicyclic amines) is 1. The molecule has 0 unspecified atom stereocenters. The second-order valence-corrected chi connectivity index (χ2v) is 6.33. The third-order valence-electron chi connectivity index (χ3n) is 3.88. The molecule has 0 atom stereocenters. The van der Waals surface area contributed by atoms with E-state index in [-0.39, 0.29) is 0 Å². The van der Waals surface area contributed by atoms with Gasteiger partial charge in [-0.25, -0.2) is 9.97 Å². The average molecular weight is 337 g/mol. The normalized spacial score (nSPS) is 16.6. The molecule has 2 heterocycles. The summed E-state index contributed by atoms with van der Waals surface area (Å²) < 4.78 is 0. The average Bonchev–Trinajstić information content (AvgIpc) is 2.54. The number of anilines is 1. The minimum Gasteiger partial charge on any atom is -0.351 e. The van der Waals surface area contributed by atoms with E-state index >= 15 is 0 Å². The fraction of sp³-hybridized carbons (Fsp3) is 0.375. The maximum Gasteiger partial charge on any atom is 0.222 e. The number of halogens is 2. The van der Waals surface area contributed by atoms with Crippen molar-refractivity contribution in [2.45, 2.75) is 25.4 Å². The zero-order chi connectivity index (χ0) is 15.4. The van der Waals surface area contributed by atoms with E-state index < -0.39 is 0 Å². The molecule has 116 valence electrons. The van der Waals surface area contributed by atoms with Crippen molar-refractivity contribution in [1.29, 1.82) is 0 Å². The van der Waals surface area contributed by atoms with Crippen molar-refractivity contribution in [1.82, 2.24) is 14.9 Å². The van der Waals surface area contributed by atoms with Crippen LogP contribution in [0.25, 0.3) is 0 Å². The van der Waals surface area contributed by atoms with Crippen LogP contribution in [-0.4, -0.2) is 34.0 Å². The first-order chi connectivity index (χ1) is 10.7. The highest BCUT2D eigenvalue weighted by Gasteiger charge is 2.19. The highest BCUT2D eigenvalue weighted by molar-refractivity contribution is 6.42. The zero-order valence-electron chi connectivity index (χ0n) is 12.2. The second kappa shape index (κ2) is 7.27. The summed E-state index contributed by atoms with van der Waals surface area (Å²) in [5.74, 6) is 0.713. The summed E-state index contributed by atoms with van der Waals surface area (Å²) in [7, 11) is 0. The van der Waals surface area contributed by atoms with Crippen LogP contribution in [0.4, 0.5) is 5.95 Å². The van der Waals surface area contributed by atoms with Crippen LogP contribution in [-0.2, 0) is 6.54 Å². The molecule has 1 aromatic carbocycles. The molecule has 1 N–H and O–H groups in total. The van der Waals surface area contributed by atoms with Gasteiger partial charge >= 0.3 is 0 Å². The van der Waals surface area contributed by atoms with E-state index in [0.29, 0.717) is 22.0 Å². The van der Waals surface area contributed by atoms with E-state index in [9.17, 15) is 0 Å². The number of hydrogen-bond donors (Lipinski definition) is 1. The van der Waals surface area contributed by atoms with Gasteiger partial charge in [-0.15, -0.1) is 0 Å². The molecule has 4 nitrogen and oxygen atoms in total. The zero-order valence-corrected chi connectivity index (χ0v) is 13.7. The van der Waals surface area contributed by atoms with Gasteiger partial charge in [0.1, 0.15) is 0 Å². The van der Waals surface area contributed by atoms with Crippen LogP contribution in [0.2, 0.25) is 10.0 Å². The second-order valence-electron chi connectivity index (χ2n) is 5.52. The lowest BCUT2D eigenvalue weighted by atomic mass is 10.0. The lowest BCUT2D eigenvalue weighted by Gasteiger charge is -2.32. The van der Waals surface area contributed by atoms with E-state index in [1.165, 1.54) is 5.56 Å². The molecular weight excluding hydrogens is 319 g/mol. The van der Waals surface area contributed by atoms with Crippen molar-refractivity contribution < 1.29 is 0 Å². The molecule has 1 aromatic heterocycles. The van der Waals surface area contributed by atoms with Crippen LogP contribution in [0.15, 0.2) is 36.7 Å². The largest absolute Gasteiger partial charge is 0.351 e. The molecule has 0 bridgehead atoms. The van der Waals surface area contributed by atoms with Crippen molar-refractivity contribution in [2.24, 2.45) is 0 Å². The van der Waals surface area contributed by atoms with Gasteiger partial charge in [-0.05, 0) is 36.6 Å². The first-order valence-electron chi connectivity index (χ1n) is 7.40. The minimum atomic E-state index is 0.437. The first kappa shape index (κ1) is 15.5. The number of rotatable bonds is 4. The Hall–Kier alpha value is -1.36.